The quantitative estimate of drug-likeness (QED) is 0.0706. The number of ether oxygens (including phenoxy) is 2. The summed E-state index contributed by atoms with van der Waals surface area (Å²) in [4.78, 5) is 0. The van der Waals surface area contributed by atoms with Gasteiger partial charge in [-0.05, 0) is 73.5 Å². The zero-order valence-corrected chi connectivity index (χ0v) is 29.4. The summed E-state index contributed by atoms with van der Waals surface area (Å²) >= 11 is 1.19. The van der Waals surface area contributed by atoms with Crippen molar-refractivity contribution in [2.45, 2.75) is 117 Å². The van der Waals surface area contributed by atoms with Crippen molar-refractivity contribution in [3.63, 3.8) is 0 Å². The van der Waals surface area contributed by atoms with Gasteiger partial charge in [-0.2, -0.15) is 8.75 Å². The number of nitrogens with zero attached hydrogens (tertiary/aromatic N) is 2. The van der Waals surface area contributed by atoms with Gasteiger partial charge in [-0.25, -0.2) is 0 Å². The summed E-state index contributed by atoms with van der Waals surface area (Å²) in [7, 11) is 0. The number of unbranched alkanes of at least 4 members (excludes halogenated alkanes) is 14. The molecule has 0 N–H and O–H groups in total. The zero-order valence-electron chi connectivity index (χ0n) is 28.6. The molecular weight excluding hydrogens is 597 g/mol. The Kier molecular flexibility index (Phi) is 16.8. The van der Waals surface area contributed by atoms with E-state index in [0.717, 1.165) is 70.8 Å². The summed E-state index contributed by atoms with van der Waals surface area (Å²) in [5, 5.41) is 0. The lowest BCUT2D eigenvalue weighted by molar-refractivity contribution is 0.304. The highest BCUT2D eigenvalue weighted by Crippen LogP contribution is 2.21. The Hall–Kier alpha value is -3.80. The van der Waals surface area contributed by atoms with Gasteiger partial charge in [0.05, 0.1) is 36.1 Å². The molecule has 248 valence electrons. The van der Waals surface area contributed by atoms with Gasteiger partial charge in [0.25, 0.3) is 0 Å². The van der Waals surface area contributed by atoms with Crippen molar-refractivity contribution in [3.8, 4) is 35.2 Å². The van der Waals surface area contributed by atoms with Gasteiger partial charge in [-0.15, -0.1) is 0 Å². The molecule has 3 aromatic carbocycles. The minimum absolute atomic E-state index is 0.767. The van der Waals surface area contributed by atoms with Crippen LogP contribution in [0.2, 0.25) is 0 Å². The Bertz CT molecular complexity index is 1450. The van der Waals surface area contributed by atoms with Crippen LogP contribution in [0.25, 0.3) is 11.0 Å². The molecule has 4 rings (SSSR count). The predicted molar refractivity (Wildman–Crippen MR) is 198 cm³/mol. The van der Waals surface area contributed by atoms with Crippen LogP contribution in [-0.2, 0) is 0 Å². The van der Waals surface area contributed by atoms with E-state index in [2.05, 4.69) is 46.3 Å². The Balaban J connectivity index is 1.22. The molecule has 0 aliphatic rings. The molecule has 0 spiro atoms. The number of benzene rings is 3. The van der Waals surface area contributed by atoms with Gasteiger partial charge in [0, 0.05) is 11.1 Å². The minimum atomic E-state index is 0.767. The first-order valence-corrected chi connectivity index (χ1v) is 18.7. The van der Waals surface area contributed by atoms with Crippen molar-refractivity contribution in [2.24, 2.45) is 0 Å². The number of rotatable bonds is 20. The average molecular weight is 649 g/mol. The fourth-order valence-corrected chi connectivity index (χ4v) is 6.04. The van der Waals surface area contributed by atoms with E-state index in [0.29, 0.717) is 0 Å². The highest BCUT2D eigenvalue weighted by molar-refractivity contribution is 7.00. The molecule has 0 amide bonds. The first-order chi connectivity index (χ1) is 23.3. The van der Waals surface area contributed by atoms with E-state index in [4.69, 9.17) is 9.47 Å². The van der Waals surface area contributed by atoms with Crippen molar-refractivity contribution in [2.75, 3.05) is 13.2 Å². The van der Waals surface area contributed by atoms with Crippen LogP contribution in [0.5, 0.6) is 11.5 Å². The molecular formula is C42H52N2O2S. The van der Waals surface area contributed by atoms with Gasteiger partial charge < -0.3 is 9.47 Å². The van der Waals surface area contributed by atoms with Crippen LogP contribution in [0.4, 0.5) is 0 Å². The molecule has 5 heteroatoms. The second-order valence-corrected chi connectivity index (χ2v) is 12.8. The van der Waals surface area contributed by atoms with Gasteiger partial charge in [0.1, 0.15) is 22.5 Å². The lowest BCUT2D eigenvalue weighted by Crippen LogP contribution is -1.97. The molecule has 0 unspecified atom stereocenters. The Morgan fingerprint density at radius 1 is 0.447 bits per heavy atom. The van der Waals surface area contributed by atoms with Crippen LogP contribution in [0.15, 0.2) is 60.7 Å². The molecule has 4 aromatic rings. The summed E-state index contributed by atoms with van der Waals surface area (Å²) in [6, 6.07) is 20.0. The monoisotopic (exact) mass is 648 g/mol. The van der Waals surface area contributed by atoms with Crippen molar-refractivity contribution < 1.29 is 9.47 Å². The second kappa shape index (κ2) is 21.9. The second-order valence-electron chi connectivity index (χ2n) is 12.3. The third kappa shape index (κ3) is 13.5. The first-order valence-electron chi connectivity index (χ1n) is 18.0. The molecule has 0 radical (unpaired) electrons. The van der Waals surface area contributed by atoms with Crippen LogP contribution in [0.3, 0.4) is 0 Å². The van der Waals surface area contributed by atoms with Crippen molar-refractivity contribution in [1.29, 1.82) is 0 Å². The standard InChI is InChI=1S/C42H52N2O2S/c1-3-5-7-9-11-13-15-17-33-45-39-29-21-35(22-30-39)19-25-37-27-28-38(42-41(37)43-47-44-42)26-20-36-23-31-40(32-24-36)46-34-18-16-14-12-10-8-6-4-2/h21-24,27-32H,3-18,33-34H2,1-2H3. The smallest absolute Gasteiger partial charge is 0.121 e. The summed E-state index contributed by atoms with van der Waals surface area (Å²) in [6.45, 7) is 6.06. The van der Waals surface area contributed by atoms with Crippen LogP contribution in [0, 0.1) is 23.7 Å². The SMILES string of the molecule is CCCCCCCCCCOc1ccc(C#Cc2ccc(C#Cc3ccc(OCCCCCCCCCC)cc3)c3nsnc23)cc1. The van der Waals surface area contributed by atoms with Crippen LogP contribution in [-0.4, -0.2) is 22.0 Å². The zero-order chi connectivity index (χ0) is 32.8. The van der Waals surface area contributed by atoms with E-state index >= 15 is 0 Å². The third-order valence-corrected chi connectivity index (χ3v) is 8.87. The van der Waals surface area contributed by atoms with Gasteiger partial charge in [0.15, 0.2) is 0 Å². The largest absolute Gasteiger partial charge is 0.494 e. The van der Waals surface area contributed by atoms with Crippen molar-refractivity contribution in [3.05, 3.63) is 82.9 Å². The van der Waals surface area contributed by atoms with Crippen LogP contribution < -0.4 is 9.47 Å². The molecule has 1 heterocycles. The Morgan fingerprint density at radius 2 is 0.809 bits per heavy atom. The van der Waals surface area contributed by atoms with Crippen LogP contribution >= 0.6 is 11.7 Å². The highest BCUT2D eigenvalue weighted by atomic mass is 32.1. The lowest BCUT2D eigenvalue weighted by Gasteiger charge is -2.06. The van der Waals surface area contributed by atoms with Crippen molar-refractivity contribution >= 4 is 22.8 Å². The average Bonchev–Trinajstić information content (AvgIpc) is 3.60. The fourth-order valence-electron chi connectivity index (χ4n) is 5.47. The molecule has 0 bridgehead atoms. The summed E-state index contributed by atoms with van der Waals surface area (Å²) < 4.78 is 21.0. The number of hydrogen-bond acceptors (Lipinski definition) is 5. The van der Waals surface area contributed by atoms with Crippen molar-refractivity contribution in [1.82, 2.24) is 8.75 Å². The normalized spacial score (nSPS) is 10.7. The molecule has 0 atom stereocenters. The number of aromatic nitrogens is 2. The summed E-state index contributed by atoms with van der Waals surface area (Å²) in [5.41, 5.74) is 5.18. The fraction of sp³-hybridized carbons (Fsp3) is 0.476. The first kappa shape index (κ1) is 36.0. The van der Waals surface area contributed by atoms with E-state index in [1.807, 2.05) is 60.7 Å². The third-order valence-electron chi connectivity index (χ3n) is 8.34. The maximum atomic E-state index is 5.94. The van der Waals surface area contributed by atoms with E-state index in [-0.39, 0.29) is 0 Å². The summed E-state index contributed by atoms with van der Waals surface area (Å²) in [6.07, 6.45) is 20.8. The molecule has 4 nitrogen and oxygen atoms in total. The van der Waals surface area contributed by atoms with Gasteiger partial charge in [-0.1, -0.05) is 127 Å². The van der Waals surface area contributed by atoms with E-state index in [1.54, 1.807) is 0 Å². The lowest BCUT2D eigenvalue weighted by atomic mass is 10.1. The minimum Gasteiger partial charge on any atom is -0.494 e. The molecule has 0 aliphatic heterocycles. The highest BCUT2D eigenvalue weighted by Gasteiger charge is 2.08. The Morgan fingerprint density at radius 3 is 1.19 bits per heavy atom. The molecule has 0 saturated carbocycles. The molecule has 0 aliphatic carbocycles. The van der Waals surface area contributed by atoms with Crippen LogP contribution in [0.1, 0.15) is 139 Å². The Labute approximate surface area is 288 Å². The molecule has 0 fully saturated rings. The topological polar surface area (TPSA) is 44.2 Å². The van der Waals surface area contributed by atoms with E-state index < -0.39 is 0 Å². The van der Waals surface area contributed by atoms with Gasteiger partial charge in [0.2, 0.25) is 0 Å². The van der Waals surface area contributed by atoms with E-state index in [9.17, 15) is 0 Å². The molecule has 0 saturated heterocycles. The number of fused-ring (bicyclic) bond motifs is 1. The summed E-state index contributed by atoms with van der Waals surface area (Å²) in [5.74, 6) is 14.9. The molecule has 1 aromatic heterocycles. The van der Waals surface area contributed by atoms with E-state index in [1.165, 1.54) is 102 Å². The van der Waals surface area contributed by atoms with Gasteiger partial charge >= 0.3 is 0 Å². The van der Waals surface area contributed by atoms with Gasteiger partial charge in [-0.3, -0.25) is 0 Å². The predicted octanol–water partition coefficient (Wildman–Crippen LogP) is 11.5. The molecule has 47 heavy (non-hydrogen) atoms. The maximum absolute atomic E-state index is 5.94. The number of hydrogen-bond donors (Lipinski definition) is 0. The maximum Gasteiger partial charge on any atom is 0.121 e.